The Bertz CT molecular complexity index is 403. The number of rotatable bonds is 2. The van der Waals surface area contributed by atoms with Crippen LogP contribution in [0.25, 0.3) is 11.0 Å². The molecular weight excluding hydrogens is 162 g/mol. The van der Waals surface area contributed by atoms with Crippen molar-refractivity contribution in [2.45, 2.75) is 20.4 Å². The van der Waals surface area contributed by atoms with Crippen LogP contribution in [0.3, 0.4) is 0 Å². The van der Waals surface area contributed by atoms with Gasteiger partial charge in [0, 0.05) is 12.7 Å². The lowest BCUT2D eigenvalue weighted by molar-refractivity contribution is 0.530. The van der Waals surface area contributed by atoms with Crippen molar-refractivity contribution in [1.29, 1.82) is 0 Å². The molecule has 0 saturated carbocycles. The van der Waals surface area contributed by atoms with Gasteiger partial charge in [-0.2, -0.15) is 0 Å². The molecular formula is C10H12N3. The third-order valence-corrected chi connectivity index (χ3v) is 1.91. The van der Waals surface area contributed by atoms with Gasteiger partial charge in [-0.25, -0.2) is 4.98 Å². The molecule has 0 N–H and O–H groups in total. The first-order chi connectivity index (χ1) is 6.27. The number of imidazole rings is 1. The second-order valence-electron chi connectivity index (χ2n) is 3.58. The van der Waals surface area contributed by atoms with Crippen molar-refractivity contribution >= 4 is 11.0 Å². The van der Waals surface area contributed by atoms with Gasteiger partial charge in [0.15, 0.2) is 6.33 Å². The molecule has 2 heterocycles. The molecule has 0 aromatic carbocycles. The predicted molar refractivity (Wildman–Crippen MR) is 51.2 cm³/mol. The zero-order valence-electron chi connectivity index (χ0n) is 7.86. The van der Waals surface area contributed by atoms with Gasteiger partial charge in [-0.15, -0.1) is 0 Å². The van der Waals surface area contributed by atoms with E-state index in [0.717, 1.165) is 17.6 Å². The van der Waals surface area contributed by atoms with Crippen LogP contribution in [0, 0.1) is 12.2 Å². The molecule has 2 aromatic heterocycles. The normalized spacial score (nSPS) is 11.3. The molecule has 1 radical (unpaired) electrons. The van der Waals surface area contributed by atoms with E-state index < -0.39 is 0 Å². The zero-order valence-corrected chi connectivity index (χ0v) is 7.86. The minimum Gasteiger partial charge on any atom is -0.321 e. The molecule has 0 spiro atoms. The largest absolute Gasteiger partial charge is 0.321 e. The van der Waals surface area contributed by atoms with E-state index in [1.165, 1.54) is 0 Å². The van der Waals surface area contributed by atoms with Gasteiger partial charge in [0.25, 0.3) is 0 Å². The highest BCUT2D eigenvalue weighted by atomic mass is 15.0. The second-order valence-corrected chi connectivity index (χ2v) is 3.58. The van der Waals surface area contributed by atoms with E-state index in [9.17, 15) is 0 Å². The second kappa shape index (κ2) is 3.17. The van der Waals surface area contributed by atoms with Gasteiger partial charge in [0.1, 0.15) is 5.52 Å². The molecule has 2 rings (SSSR count). The Morgan fingerprint density at radius 3 is 3.15 bits per heavy atom. The Labute approximate surface area is 77.4 Å². The van der Waals surface area contributed by atoms with Crippen LogP contribution >= 0.6 is 0 Å². The summed E-state index contributed by atoms with van der Waals surface area (Å²) in [6, 6.07) is 1.97. The van der Waals surface area contributed by atoms with E-state index >= 15 is 0 Å². The molecule has 0 atom stereocenters. The van der Waals surface area contributed by atoms with E-state index in [0.29, 0.717) is 5.92 Å². The van der Waals surface area contributed by atoms with E-state index in [-0.39, 0.29) is 0 Å². The highest BCUT2D eigenvalue weighted by molar-refractivity contribution is 5.73. The molecule has 0 saturated heterocycles. The molecule has 0 amide bonds. The molecule has 13 heavy (non-hydrogen) atoms. The third kappa shape index (κ3) is 1.54. The van der Waals surface area contributed by atoms with E-state index in [2.05, 4.69) is 30.1 Å². The van der Waals surface area contributed by atoms with Crippen LogP contribution in [-0.4, -0.2) is 14.5 Å². The average molecular weight is 174 g/mol. The Kier molecular flexibility index (Phi) is 2.00. The van der Waals surface area contributed by atoms with E-state index in [4.69, 9.17) is 0 Å². The number of hydrogen-bond donors (Lipinski definition) is 0. The van der Waals surface area contributed by atoms with Crippen LogP contribution in [-0.2, 0) is 6.54 Å². The molecule has 3 nitrogen and oxygen atoms in total. The summed E-state index contributed by atoms with van der Waals surface area (Å²) in [4.78, 5) is 8.16. The monoisotopic (exact) mass is 174 g/mol. The van der Waals surface area contributed by atoms with Gasteiger partial charge in [0.2, 0.25) is 0 Å². The first kappa shape index (κ1) is 8.23. The summed E-state index contributed by atoms with van der Waals surface area (Å²) >= 11 is 0. The van der Waals surface area contributed by atoms with Crippen LogP contribution in [0.2, 0.25) is 0 Å². The Morgan fingerprint density at radius 1 is 1.54 bits per heavy atom. The number of nitrogens with zero attached hydrogens (tertiary/aromatic N) is 3. The van der Waals surface area contributed by atoms with Crippen molar-refractivity contribution in [3.63, 3.8) is 0 Å². The lowest BCUT2D eigenvalue weighted by Gasteiger charge is -2.05. The topological polar surface area (TPSA) is 30.7 Å². The lowest BCUT2D eigenvalue weighted by atomic mass is 10.2. The Hall–Kier alpha value is -1.38. The minimum atomic E-state index is 0.613. The van der Waals surface area contributed by atoms with Gasteiger partial charge in [-0.05, 0) is 12.0 Å². The summed E-state index contributed by atoms with van der Waals surface area (Å²) in [7, 11) is 0. The summed E-state index contributed by atoms with van der Waals surface area (Å²) in [6.45, 7) is 5.32. The maximum atomic E-state index is 4.15. The van der Waals surface area contributed by atoms with Crippen molar-refractivity contribution < 1.29 is 0 Å². The van der Waals surface area contributed by atoms with Crippen molar-refractivity contribution in [2.24, 2.45) is 5.92 Å². The molecule has 67 valence electrons. The highest BCUT2D eigenvalue weighted by Gasteiger charge is 2.03. The maximum absolute atomic E-state index is 4.15. The summed E-state index contributed by atoms with van der Waals surface area (Å²) in [5.41, 5.74) is 2.03. The minimum absolute atomic E-state index is 0.613. The van der Waals surface area contributed by atoms with Gasteiger partial charge in [-0.3, -0.25) is 4.98 Å². The van der Waals surface area contributed by atoms with Crippen LogP contribution in [0.4, 0.5) is 0 Å². The number of fused-ring (bicyclic) bond motifs is 1. The van der Waals surface area contributed by atoms with Crippen molar-refractivity contribution in [3.05, 3.63) is 24.8 Å². The van der Waals surface area contributed by atoms with E-state index in [1.54, 1.807) is 12.4 Å². The quantitative estimate of drug-likeness (QED) is 0.696. The van der Waals surface area contributed by atoms with Gasteiger partial charge < -0.3 is 4.57 Å². The van der Waals surface area contributed by atoms with Crippen LogP contribution in [0.1, 0.15) is 13.8 Å². The standard InChI is InChI=1S/C10H12N3/c1-8(2)6-13-7-12-9-5-11-4-3-10(9)13/h3-5,8H,6H2,1-2H3. The molecule has 0 bridgehead atoms. The average Bonchev–Trinajstić information content (AvgIpc) is 2.48. The Balaban J connectivity index is 2.46. The molecule has 0 aliphatic carbocycles. The maximum Gasteiger partial charge on any atom is 0.177 e. The fourth-order valence-electron chi connectivity index (χ4n) is 1.37. The van der Waals surface area contributed by atoms with Crippen LogP contribution < -0.4 is 0 Å². The summed E-state index contributed by atoms with van der Waals surface area (Å²) in [5.74, 6) is 0.613. The number of hydrogen-bond acceptors (Lipinski definition) is 2. The third-order valence-electron chi connectivity index (χ3n) is 1.91. The Morgan fingerprint density at radius 2 is 2.38 bits per heavy atom. The molecule has 0 unspecified atom stereocenters. The van der Waals surface area contributed by atoms with Gasteiger partial charge >= 0.3 is 0 Å². The van der Waals surface area contributed by atoms with Crippen molar-refractivity contribution in [1.82, 2.24) is 14.5 Å². The van der Waals surface area contributed by atoms with Gasteiger partial charge in [0.05, 0.1) is 11.7 Å². The summed E-state index contributed by atoms with van der Waals surface area (Å²) in [5, 5.41) is 0. The first-order valence-electron chi connectivity index (χ1n) is 4.45. The fraction of sp³-hybridized carbons (Fsp3) is 0.400. The number of aromatic nitrogens is 3. The smallest absolute Gasteiger partial charge is 0.177 e. The number of pyridine rings is 1. The lowest BCUT2D eigenvalue weighted by Crippen LogP contribution is -2.02. The van der Waals surface area contributed by atoms with Crippen molar-refractivity contribution in [2.75, 3.05) is 0 Å². The summed E-state index contributed by atoms with van der Waals surface area (Å²) in [6.07, 6.45) is 6.52. The molecule has 0 aliphatic rings. The van der Waals surface area contributed by atoms with Crippen LogP contribution in [0.15, 0.2) is 18.5 Å². The zero-order chi connectivity index (χ0) is 9.26. The first-order valence-corrected chi connectivity index (χ1v) is 4.45. The fourth-order valence-corrected chi connectivity index (χ4v) is 1.37. The predicted octanol–water partition coefficient (Wildman–Crippen LogP) is 1.89. The molecule has 0 aliphatic heterocycles. The molecule has 2 aromatic rings. The highest BCUT2D eigenvalue weighted by Crippen LogP contribution is 2.11. The SMILES string of the molecule is CC(C)Cn1[c]nc2cnccc21. The van der Waals surface area contributed by atoms with Crippen molar-refractivity contribution in [3.8, 4) is 0 Å². The van der Waals surface area contributed by atoms with Gasteiger partial charge in [-0.1, -0.05) is 13.8 Å². The van der Waals surface area contributed by atoms with Crippen LogP contribution in [0.5, 0.6) is 0 Å². The molecule has 0 fully saturated rings. The van der Waals surface area contributed by atoms with E-state index in [1.807, 2.05) is 10.6 Å². The molecule has 3 heteroatoms. The summed E-state index contributed by atoms with van der Waals surface area (Å²) < 4.78 is 2.04.